The molecule has 5 nitrogen and oxygen atoms in total. The van der Waals surface area contributed by atoms with E-state index in [0.29, 0.717) is 5.56 Å². The number of benzene rings is 2. The quantitative estimate of drug-likeness (QED) is 0.686. The second-order valence-corrected chi connectivity index (χ2v) is 6.75. The van der Waals surface area contributed by atoms with Gasteiger partial charge in [0.25, 0.3) is 5.91 Å². The first-order valence-corrected chi connectivity index (χ1v) is 8.37. The standard InChI is InChI=1S/C17H20N4OS/c1-11-7-9-12(10-8-11)16(22)19-14-15(18)20-21-17(14)23-13-5-3-2-4-6-13/h2-10,14-15,17,20-21H,18H2,1H3,(H,19,22). The van der Waals surface area contributed by atoms with E-state index in [9.17, 15) is 4.79 Å². The monoisotopic (exact) mass is 328 g/mol. The van der Waals surface area contributed by atoms with Crippen LogP contribution in [0.1, 0.15) is 15.9 Å². The van der Waals surface area contributed by atoms with Crippen molar-refractivity contribution in [2.75, 3.05) is 0 Å². The van der Waals surface area contributed by atoms with Gasteiger partial charge in [-0.15, -0.1) is 11.8 Å². The highest BCUT2D eigenvalue weighted by Gasteiger charge is 2.35. The van der Waals surface area contributed by atoms with Gasteiger partial charge in [-0.1, -0.05) is 35.9 Å². The molecule has 0 aliphatic carbocycles. The number of nitrogens with one attached hydrogen (secondary N) is 3. The summed E-state index contributed by atoms with van der Waals surface area (Å²) in [5, 5.41) is 2.98. The minimum atomic E-state index is -0.342. The molecule has 0 aromatic heterocycles. The lowest BCUT2D eigenvalue weighted by molar-refractivity contribution is 0.0934. The first-order valence-electron chi connectivity index (χ1n) is 7.49. The van der Waals surface area contributed by atoms with E-state index in [1.807, 2.05) is 61.5 Å². The van der Waals surface area contributed by atoms with Crippen LogP contribution in [0.3, 0.4) is 0 Å². The molecule has 1 heterocycles. The van der Waals surface area contributed by atoms with Crippen LogP contribution in [0.25, 0.3) is 0 Å². The Kier molecular flexibility index (Phi) is 4.97. The number of thioether (sulfide) groups is 1. The van der Waals surface area contributed by atoms with Crippen LogP contribution in [0.5, 0.6) is 0 Å². The Morgan fingerprint density at radius 2 is 1.78 bits per heavy atom. The van der Waals surface area contributed by atoms with Gasteiger partial charge in [-0.25, -0.2) is 10.9 Å². The normalized spacial score (nSPS) is 23.7. The van der Waals surface area contributed by atoms with Gasteiger partial charge in [-0.2, -0.15) is 0 Å². The molecule has 0 bridgehead atoms. The largest absolute Gasteiger partial charge is 0.344 e. The minimum absolute atomic E-state index is 0.0400. The Balaban J connectivity index is 1.69. The van der Waals surface area contributed by atoms with Crippen molar-refractivity contribution in [3.05, 3.63) is 65.7 Å². The summed E-state index contributed by atoms with van der Waals surface area (Å²) >= 11 is 1.63. The number of hydrogen-bond donors (Lipinski definition) is 4. The number of carbonyl (C=O) groups is 1. The van der Waals surface area contributed by atoms with Crippen LogP contribution in [-0.4, -0.2) is 23.5 Å². The molecule has 3 unspecified atom stereocenters. The summed E-state index contributed by atoms with van der Waals surface area (Å²) in [5.41, 5.74) is 14.0. The zero-order valence-corrected chi connectivity index (χ0v) is 13.6. The van der Waals surface area contributed by atoms with Gasteiger partial charge < -0.3 is 11.1 Å². The molecule has 1 aliphatic heterocycles. The molecule has 0 spiro atoms. The number of hydrogen-bond acceptors (Lipinski definition) is 5. The number of amides is 1. The van der Waals surface area contributed by atoms with Crippen LogP contribution in [0, 0.1) is 6.92 Å². The van der Waals surface area contributed by atoms with Crippen molar-refractivity contribution in [2.45, 2.75) is 29.4 Å². The number of carbonyl (C=O) groups excluding carboxylic acids is 1. The van der Waals surface area contributed by atoms with Crippen LogP contribution in [-0.2, 0) is 0 Å². The molecule has 23 heavy (non-hydrogen) atoms. The predicted molar refractivity (Wildman–Crippen MR) is 92.8 cm³/mol. The molecule has 1 saturated heterocycles. The first-order chi connectivity index (χ1) is 11.1. The van der Waals surface area contributed by atoms with Crippen molar-refractivity contribution in [1.29, 1.82) is 0 Å². The molecule has 3 atom stereocenters. The fourth-order valence-electron chi connectivity index (χ4n) is 2.40. The van der Waals surface area contributed by atoms with Gasteiger partial charge in [0.15, 0.2) is 0 Å². The summed E-state index contributed by atoms with van der Waals surface area (Å²) < 4.78 is 0. The van der Waals surface area contributed by atoms with Crippen LogP contribution in [0.4, 0.5) is 0 Å². The fraction of sp³-hybridized carbons (Fsp3) is 0.235. The lowest BCUT2D eigenvalue weighted by atomic mass is 10.1. The highest BCUT2D eigenvalue weighted by molar-refractivity contribution is 8.00. The summed E-state index contributed by atoms with van der Waals surface area (Å²) in [6, 6.07) is 17.3. The average Bonchev–Trinajstić information content (AvgIpc) is 2.89. The second-order valence-electron chi connectivity index (χ2n) is 5.53. The molecule has 5 N–H and O–H groups in total. The van der Waals surface area contributed by atoms with E-state index in [4.69, 9.17) is 5.73 Å². The highest BCUT2D eigenvalue weighted by atomic mass is 32.2. The van der Waals surface area contributed by atoms with Crippen molar-refractivity contribution < 1.29 is 4.79 Å². The van der Waals surface area contributed by atoms with Crippen molar-refractivity contribution in [2.24, 2.45) is 5.73 Å². The van der Waals surface area contributed by atoms with Crippen LogP contribution < -0.4 is 21.9 Å². The van der Waals surface area contributed by atoms with Crippen molar-refractivity contribution >= 4 is 17.7 Å². The molecule has 0 radical (unpaired) electrons. The third-order valence-corrected chi connectivity index (χ3v) is 4.93. The second kappa shape index (κ2) is 7.14. The van der Waals surface area contributed by atoms with Gasteiger partial charge in [0.2, 0.25) is 0 Å². The number of hydrazine groups is 1. The van der Waals surface area contributed by atoms with E-state index in [-0.39, 0.29) is 23.5 Å². The topological polar surface area (TPSA) is 79.2 Å². The van der Waals surface area contributed by atoms with E-state index in [0.717, 1.165) is 10.5 Å². The van der Waals surface area contributed by atoms with Gasteiger partial charge >= 0.3 is 0 Å². The Morgan fingerprint density at radius 3 is 2.48 bits per heavy atom. The van der Waals surface area contributed by atoms with E-state index in [2.05, 4.69) is 16.2 Å². The van der Waals surface area contributed by atoms with E-state index in [1.165, 1.54) is 0 Å². The molecule has 1 fully saturated rings. The molecule has 1 aliphatic rings. The van der Waals surface area contributed by atoms with Crippen molar-refractivity contribution in [3.8, 4) is 0 Å². The SMILES string of the molecule is Cc1ccc(C(=O)NC2C(N)NNC2Sc2ccccc2)cc1. The number of nitrogens with two attached hydrogens (primary N) is 1. The molecular formula is C17H20N4OS. The van der Waals surface area contributed by atoms with Gasteiger partial charge in [0, 0.05) is 10.5 Å². The minimum Gasteiger partial charge on any atom is -0.344 e. The van der Waals surface area contributed by atoms with Gasteiger partial charge in [-0.3, -0.25) is 4.79 Å². The van der Waals surface area contributed by atoms with Gasteiger partial charge in [0.1, 0.15) is 0 Å². The third kappa shape index (κ3) is 3.92. The van der Waals surface area contributed by atoms with E-state index >= 15 is 0 Å². The Hall–Kier alpha value is -1.86. The van der Waals surface area contributed by atoms with Crippen LogP contribution in [0.2, 0.25) is 0 Å². The third-order valence-electron chi connectivity index (χ3n) is 3.72. The summed E-state index contributed by atoms with van der Waals surface area (Å²) in [4.78, 5) is 13.5. The zero-order valence-electron chi connectivity index (χ0n) is 12.8. The average molecular weight is 328 g/mol. The fourth-order valence-corrected chi connectivity index (χ4v) is 3.52. The lowest BCUT2D eigenvalue weighted by Gasteiger charge is -2.22. The number of aryl methyl sites for hydroxylation is 1. The maximum atomic E-state index is 12.4. The van der Waals surface area contributed by atoms with Crippen molar-refractivity contribution in [1.82, 2.24) is 16.2 Å². The summed E-state index contributed by atoms with van der Waals surface area (Å²) in [5.74, 6) is -0.116. The summed E-state index contributed by atoms with van der Waals surface area (Å²) in [6.45, 7) is 1.99. The van der Waals surface area contributed by atoms with E-state index in [1.54, 1.807) is 11.8 Å². The molecule has 1 amide bonds. The molecule has 120 valence electrons. The summed E-state index contributed by atoms with van der Waals surface area (Å²) in [7, 11) is 0. The smallest absolute Gasteiger partial charge is 0.251 e. The van der Waals surface area contributed by atoms with Crippen molar-refractivity contribution in [3.63, 3.8) is 0 Å². The van der Waals surface area contributed by atoms with Crippen LogP contribution in [0.15, 0.2) is 59.5 Å². The Bertz CT molecular complexity index is 662. The lowest BCUT2D eigenvalue weighted by Crippen LogP contribution is -2.51. The van der Waals surface area contributed by atoms with Crippen LogP contribution >= 0.6 is 11.8 Å². The Morgan fingerprint density at radius 1 is 1.09 bits per heavy atom. The zero-order chi connectivity index (χ0) is 16.2. The predicted octanol–water partition coefficient (Wildman–Crippen LogP) is 1.60. The molecule has 6 heteroatoms. The van der Waals surface area contributed by atoms with Gasteiger partial charge in [0.05, 0.1) is 17.6 Å². The first kappa shape index (κ1) is 16.0. The molecule has 2 aromatic carbocycles. The Labute approximate surface area is 140 Å². The molecule has 2 aromatic rings. The van der Waals surface area contributed by atoms with E-state index < -0.39 is 0 Å². The number of rotatable bonds is 4. The maximum absolute atomic E-state index is 12.4. The molecule has 3 rings (SSSR count). The molecular weight excluding hydrogens is 308 g/mol. The highest BCUT2D eigenvalue weighted by Crippen LogP contribution is 2.26. The summed E-state index contributed by atoms with van der Waals surface area (Å²) in [6.07, 6.45) is -0.342. The molecule has 0 saturated carbocycles. The maximum Gasteiger partial charge on any atom is 0.251 e. The van der Waals surface area contributed by atoms with Gasteiger partial charge in [-0.05, 0) is 31.2 Å².